The minimum atomic E-state index is -0.147. The van der Waals surface area contributed by atoms with Crippen LogP contribution in [0.2, 0.25) is 0 Å². The summed E-state index contributed by atoms with van der Waals surface area (Å²) < 4.78 is 0. The van der Waals surface area contributed by atoms with Crippen molar-refractivity contribution in [1.29, 1.82) is 0 Å². The summed E-state index contributed by atoms with van der Waals surface area (Å²) in [5.41, 5.74) is 0.615. The lowest BCUT2D eigenvalue weighted by atomic mass is 10.0. The molecule has 1 aliphatic heterocycles. The number of hydrogen-bond acceptors (Lipinski definition) is 3. The molecule has 0 aromatic heterocycles. The molecule has 3 N–H and O–H groups in total. The van der Waals surface area contributed by atoms with Gasteiger partial charge in [0.15, 0.2) is 0 Å². The van der Waals surface area contributed by atoms with Crippen LogP contribution in [0.25, 0.3) is 10.8 Å². The molecule has 24 heavy (non-hydrogen) atoms. The minimum Gasteiger partial charge on any atom is -0.356 e. The number of carbonyl (C=O) groups is 2. The molecule has 0 radical (unpaired) electrons. The summed E-state index contributed by atoms with van der Waals surface area (Å²) in [6.45, 7) is 3.00. The van der Waals surface area contributed by atoms with Crippen molar-refractivity contribution in [3.05, 3.63) is 48.0 Å². The van der Waals surface area contributed by atoms with E-state index < -0.39 is 0 Å². The second-order valence-electron chi connectivity index (χ2n) is 5.90. The van der Waals surface area contributed by atoms with E-state index in [9.17, 15) is 9.59 Å². The summed E-state index contributed by atoms with van der Waals surface area (Å²) in [5.74, 6) is 0.383. The molecule has 5 nitrogen and oxygen atoms in total. The van der Waals surface area contributed by atoms with Crippen LogP contribution in [0.4, 0.5) is 0 Å². The highest BCUT2D eigenvalue weighted by atomic mass is 35.5. The van der Waals surface area contributed by atoms with Crippen LogP contribution in [0.5, 0.6) is 0 Å². The molecule has 0 bridgehead atoms. The Morgan fingerprint density at radius 1 is 1.04 bits per heavy atom. The van der Waals surface area contributed by atoms with Crippen LogP contribution in [-0.2, 0) is 4.79 Å². The van der Waals surface area contributed by atoms with E-state index in [0.717, 1.165) is 23.9 Å². The van der Waals surface area contributed by atoms with E-state index in [4.69, 9.17) is 0 Å². The van der Waals surface area contributed by atoms with Crippen LogP contribution in [0.15, 0.2) is 42.5 Å². The van der Waals surface area contributed by atoms with Crippen molar-refractivity contribution < 1.29 is 9.59 Å². The Morgan fingerprint density at radius 3 is 2.50 bits per heavy atom. The second-order valence-corrected chi connectivity index (χ2v) is 5.90. The lowest BCUT2D eigenvalue weighted by Crippen LogP contribution is -2.48. The fourth-order valence-corrected chi connectivity index (χ4v) is 2.56. The van der Waals surface area contributed by atoms with Crippen molar-refractivity contribution in [2.75, 3.05) is 26.2 Å². The van der Waals surface area contributed by atoms with Crippen molar-refractivity contribution >= 4 is 35.0 Å². The summed E-state index contributed by atoms with van der Waals surface area (Å²) >= 11 is 0. The monoisotopic (exact) mass is 347 g/mol. The normalized spacial score (nSPS) is 13.7. The third kappa shape index (κ3) is 4.69. The van der Waals surface area contributed by atoms with Gasteiger partial charge in [-0.3, -0.25) is 9.59 Å². The van der Waals surface area contributed by atoms with Crippen LogP contribution in [0.3, 0.4) is 0 Å². The Morgan fingerprint density at radius 2 is 1.79 bits per heavy atom. The fourth-order valence-electron chi connectivity index (χ4n) is 2.56. The van der Waals surface area contributed by atoms with E-state index in [0.29, 0.717) is 31.0 Å². The van der Waals surface area contributed by atoms with Crippen molar-refractivity contribution in [3.63, 3.8) is 0 Å². The maximum Gasteiger partial charge on any atom is 0.251 e. The summed E-state index contributed by atoms with van der Waals surface area (Å²) in [4.78, 5) is 23.8. The van der Waals surface area contributed by atoms with Gasteiger partial charge in [-0.05, 0) is 22.9 Å². The highest BCUT2D eigenvalue weighted by Gasteiger charge is 2.17. The Labute approximate surface area is 147 Å². The molecule has 0 aliphatic carbocycles. The lowest BCUT2D eigenvalue weighted by Gasteiger charge is -2.27. The number of fused-ring (bicyclic) bond motifs is 1. The topological polar surface area (TPSA) is 70.2 Å². The van der Waals surface area contributed by atoms with Gasteiger partial charge in [0.05, 0.1) is 0 Å². The van der Waals surface area contributed by atoms with E-state index in [1.807, 2.05) is 36.4 Å². The van der Waals surface area contributed by atoms with E-state index >= 15 is 0 Å². The number of nitrogens with one attached hydrogen (secondary N) is 3. The van der Waals surface area contributed by atoms with Gasteiger partial charge in [0.2, 0.25) is 5.91 Å². The van der Waals surface area contributed by atoms with E-state index in [1.54, 1.807) is 6.07 Å². The first-order chi connectivity index (χ1) is 11.2. The molecule has 2 aromatic carbocycles. The van der Waals surface area contributed by atoms with Gasteiger partial charge in [-0.1, -0.05) is 30.3 Å². The van der Waals surface area contributed by atoms with Gasteiger partial charge in [0.25, 0.3) is 5.91 Å². The fraction of sp³-hybridized carbons (Fsp3) is 0.333. The van der Waals surface area contributed by atoms with Crippen molar-refractivity contribution in [2.24, 2.45) is 5.92 Å². The third-order valence-electron chi connectivity index (χ3n) is 4.10. The first-order valence-electron chi connectivity index (χ1n) is 7.97. The van der Waals surface area contributed by atoms with Gasteiger partial charge in [-0.2, -0.15) is 0 Å². The molecule has 0 atom stereocenters. The van der Waals surface area contributed by atoms with Gasteiger partial charge < -0.3 is 16.0 Å². The molecule has 1 saturated heterocycles. The zero-order chi connectivity index (χ0) is 16.1. The molecule has 0 unspecified atom stereocenters. The molecule has 3 rings (SSSR count). The predicted octanol–water partition coefficient (Wildman–Crippen LogP) is 1.72. The molecular formula is C18H22ClN3O2. The van der Waals surface area contributed by atoms with Crippen molar-refractivity contribution in [3.8, 4) is 0 Å². The first-order valence-corrected chi connectivity index (χ1v) is 7.97. The summed E-state index contributed by atoms with van der Waals surface area (Å²) in [6, 6.07) is 13.5. The molecular weight excluding hydrogens is 326 g/mol. The number of carbonyl (C=O) groups excluding carboxylic acids is 2. The van der Waals surface area contributed by atoms with Crippen LogP contribution >= 0.6 is 12.4 Å². The average Bonchev–Trinajstić information content (AvgIpc) is 2.53. The van der Waals surface area contributed by atoms with Crippen LogP contribution in [-0.4, -0.2) is 38.0 Å². The number of amides is 2. The molecule has 2 aromatic rings. The average molecular weight is 348 g/mol. The van der Waals surface area contributed by atoms with Crippen molar-refractivity contribution in [1.82, 2.24) is 16.0 Å². The Hall–Kier alpha value is -2.11. The van der Waals surface area contributed by atoms with Gasteiger partial charge in [0, 0.05) is 44.1 Å². The Kier molecular flexibility index (Phi) is 6.58. The van der Waals surface area contributed by atoms with Crippen molar-refractivity contribution in [2.45, 2.75) is 6.42 Å². The largest absolute Gasteiger partial charge is 0.356 e. The van der Waals surface area contributed by atoms with E-state index in [-0.39, 0.29) is 24.2 Å². The Bertz CT molecular complexity index is 716. The zero-order valence-electron chi connectivity index (χ0n) is 13.4. The molecule has 6 heteroatoms. The highest BCUT2D eigenvalue weighted by Crippen LogP contribution is 2.15. The SMILES string of the molecule is Cl.O=C(CCNC(=O)c1ccc2ccccc2c1)NCC1CNC1. The smallest absolute Gasteiger partial charge is 0.251 e. The van der Waals surface area contributed by atoms with Gasteiger partial charge in [0.1, 0.15) is 0 Å². The molecule has 1 aliphatic rings. The molecule has 2 amide bonds. The number of hydrogen-bond donors (Lipinski definition) is 3. The number of benzene rings is 2. The first kappa shape index (κ1) is 18.2. The van der Waals surface area contributed by atoms with Gasteiger partial charge in [-0.25, -0.2) is 0 Å². The molecule has 0 saturated carbocycles. The lowest BCUT2D eigenvalue weighted by molar-refractivity contribution is -0.121. The standard InChI is InChI=1S/C18H21N3O2.ClH/c22-17(21-12-13-10-19-11-13)7-8-20-18(23)16-6-5-14-3-1-2-4-15(14)9-16;/h1-6,9,13,19H,7-8,10-12H2,(H,20,23)(H,21,22);1H. The second kappa shape index (κ2) is 8.66. The van der Waals surface area contributed by atoms with Crippen LogP contribution < -0.4 is 16.0 Å². The quantitative estimate of drug-likeness (QED) is 0.745. The van der Waals surface area contributed by atoms with Gasteiger partial charge in [-0.15, -0.1) is 12.4 Å². The third-order valence-corrected chi connectivity index (χ3v) is 4.10. The summed E-state index contributed by atoms with van der Waals surface area (Å²) in [5, 5.41) is 11.0. The maximum atomic E-state index is 12.1. The maximum absolute atomic E-state index is 12.1. The van der Waals surface area contributed by atoms with E-state index in [2.05, 4.69) is 16.0 Å². The molecule has 0 spiro atoms. The Balaban J connectivity index is 0.00000208. The van der Waals surface area contributed by atoms with E-state index in [1.165, 1.54) is 0 Å². The highest BCUT2D eigenvalue weighted by molar-refractivity contribution is 5.98. The summed E-state index contributed by atoms with van der Waals surface area (Å²) in [6.07, 6.45) is 0.305. The van der Waals surface area contributed by atoms with Crippen LogP contribution in [0.1, 0.15) is 16.8 Å². The summed E-state index contributed by atoms with van der Waals surface area (Å²) in [7, 11) is 0. The minimum absolute atomic E-state index is 0. The molecule has 128 valence electrons. The molecule has 1 heterocycles. The number of halogens is 1. The van der Waals surface area contributed by atoms with Crippen LogP contribution in [0, 0.1) is 5.92 Å². The van der Waals surface area contributed by atoms with Gasteiger partial charge >= 0.3 is 0 Å². The molecule has 1 fully saturated rings. The predicted molar refractivity (Wildman–Crippen MR) is 97.5 cm³/mol. The zero-order valence-corrected chi connectivity index (χ0v) is 14.2. The number of rotatable bonds is 6.